The zero-order valence-corrected chi connectivity index (χ0v) is 16.2. The van der Waals surface area contributed by atoms with E-state index < -0.39 is 17.3 Å². The quantitative estimate of drug-likeness (QED) is 0.396. The summed E-state index contributed by atoms with van der Waals surface area (Å²) in [6.07, 6.45) is -0.872. The van der Waals surface area contributed by atoms with Gasteiger partial charge in [-0.05, 0) is 55.9 Å². The van der Waals surface area contributed by atoms with Crippen LogP contribution in [0.1, 0.15) is 42.2 Å². The summed E-state index contributed by atoms with van der Waals surface area (Å²) in [5.41, 5.74) is 5.46. The normalized spacial score (nSPS) is 14.4. The van der Waals surface area contributed by atoms with E-state index in [-0.39, 0.29) is 17.1 Å². The van der Waals surface area contributed by atoms with Gasteiger partial charge in [-0.15, -0.1) is 0 Å². The molecular formula is C21H25F3NOS+. The molecule has 2 aromatic rings. The minimum absolute atomic E-state index is 0.0529. The van der Waals surface area contributed by atoms with Gasteiger partial charge in [0.1, 0.15) is 0 Å². The van der Waals surface area contributed by atoms with Crippen molar-refractivity contribution in [3.05, 3.63) is 57.8 Å². The van der Waals surface area contributed by atoms with E-state index in [1.807, 2.05) is 19.1 Å². The summed E-state index contributed by atoms with van der Waals surface area (Å²) in [6, 6.07) is 9.50. The van der Waals surface area contributed by atoms with Crippen LogP contribution in [0.5, 0.6) is 0 Å². The number of hydrogen-bond acceptors (Lipinski definition) is 2. The highest BCUT2D eigenvalue weighted by atomic mass is 32.2. The highest BCUT2D eigenvalue weighted by Gasteiger charge is 2.30. The second-order valence-electron chi connectivity index (χ2n) is 6.94. The van der Waals surface area contributed by atoms with Crippen LogP contribution in [0, 0.1) is 11.2 Å². The summed E-state index contributed by atoms with van der Waals surface area (Å²) in [5.74, 6) is 3.15. The van der Waals surface area contributed by atoms with Crippen molar-refractivity contribution in [2.75, 3.05) is 6.61 Å². The van der Waals surface area contributed by atoms with Crippen LogP contribution in [0.2, 0.25) is 0 Å². The number of halogens is 3. The zero-order valence-electron chi connectivity index (χ0n) is 15.4. The lowest BCUT2D eigenvalue weighted by molar-refractivity contribution is -0.137. The molecule has 0 amide bonds. The maximum absolute atomic E-state index is 12.7. The van der Waals surface area contributed by atoms with E-state index in [0.717, 1.165) is 18.9 Å². The molecule has 1 heterocycles. The maximum atomic E-state index is 12.7. The molecule has 2 atom stereocenters. The second kappa shape index (κ2) is 9.41. The molecule has 0 bridgehead atoms. The Morgan fingerprint density at radius 1 is 1.15 bits per heavy atom. The number of aryl methyl sites for hydroxylation is 2. The molecule has 0 saturated heterocycles. The molecule has 3 N–H and O–H groups in total. The second-order valence-corrected chi connectivity index (χ2v) is 8.62. The van der Waals surface area contributed by atoms with Gasteiger partial charge in [-0.25, -0.2) is 0 Å². The van der Waals surface area contributed by atoms with Crippen molar-refractivity contribution in [2.45, 2.75) is 50.7 Å². The SMILES string of the molecule is CC(N)(CO)CCc1ccc[s+]1C#CCCCc1cccc(C(F)(F)F)c1. The minimum Gasteiger partial charge on any atom is -0.394 e. The number of aliphatic hydroxyl groups is 1. The van der Waals surface area contributed by atoms with Gasteiger partial charge in [-0.3, -0.25) is 0 Å². The molecular weight excluding hydrogens is 371 g/mol. The number of thiophene rings is 1. The first-order chi connectivity index (χ1) is 12.7. The zero-order chi connectivity index (χ0) is 19.9. The average Bonchev–Trinajstić information content (AvgIpc) is 3.07. The lowest BCUT2D eigenvalue weighted by Crippen LogP contribution is -2.40. The van der Waals surface area contributed by atoms with E-state index in [1.54, 1.807) is 6.07 Å². The third-order valence-electron chi connectivity index (χ3n) is 4.29. The summed E-state index contributed by atoms with van der Waals surface area (Å²) < 4.78 is 38.2. The first-order valence-corrected chi connectivity index (χ1v) is 10.1. The molecule has 27 heavy (non-hydrogen) atoms. The van der Waals surface area contributed by atoms with Gasteiger partial charge in [0.15, 0.2) is 15.5 Å². The molecule has 146 valence electrons. The van der Waals surface area contributed by atoms with Crippen LogP contribution in [0.3, 0.4) is 0 Å². The molecule has 6 heteroatoms. The van der Waals surface area contributed by atoms with Gasteiger partial charge in [0, 0.05) is 18.4 Å². The van der Waals surface area contributed by atoms with Crippen LogP contribution < -0.4 is 5.73 Å². The summed E-state index contributed by atoms with van der Waals surface area (Å²) >= 11 is 0. The van der Waals surface area contributed by atoms with E-state index in [9.17, 15) is 18.3 Å². The molecule has 2 nitrogen and oxygen atoms in total. The fourth-order valence-corrected chi connectivity index (χ4v) is 3.99. The lowest BCUT2D eigenvalue weighted by atomic mass is 9.98. The van der Waals surface area contributed by atoms with Crippen molar-refractivity contribution in [3.63, 3.8) is 0 Å². The molecule has 1 aromatic heterocycles. The molecule has 0 aliphatic heterocycles. The van der Waals surface area contributed by atoms with Crippen LogP contribution in [0.15, 0.2) is 41.8 Å². The largest absolute Gasteiger partial charge is 0.416 e. The Hall–Kier alpha value is -1.81. The molecule has 0 radical (unpaired) electrons. The number of hydrogen-bond donors (Lipinski definition) is 2. The molecule has 0 fully saturated rings. The molecule has 1 aromatic carbocycles. The Morgan fingerprint density at radius 3 is 2.63 bits per heavy atom. The Bertz CT molecular complexity index is 799. The Kier molecular flexibility index (Phi) is 7.49. The predicted octanol–water partition coefficient (Wildman–Crippen LogP) is 4.93. The number of unbranched alkanes of at least 4 members (excludes halogenated alkanes) is 1. The summed E-state index contributed by atoms with van der Waals surface area (Å²) in [6.45, 7) is 1.77. The molecule has 0 aliphatic carbocycles. The van der Waals surface area contributed by atoms with Crippen LogP contribution in [0.25, 0.3) is 0 Å². The number of aliphatic hydroxyl groups excluding tert-OH is 1. The van der Waals surface area contributed by atoms with Gasteiger partial charge in [-0.1, -0.05) is 18.2 Å². The fraction of sp³-hybridized carbons (Fsp3) is 0.429. The number of rotatable bonds is 7. The molecule has 0 spiro atoms. The molecule has 2 rings (SSSR count). The predicted molar refractivity (Wildman–Crippen MR) is 104 cm³/mol. The number of nitrogens with two attached hydrogens (primary N) is 1. The summed E-state index contributed by atoms with van der Waals surface area (Å²) in [5, 5.41) is 14.5. The van der Waals surface area contributed by atoms with E-state index in [2.05, 4.69) is 16.6 Å². The minimum atomic E-state index is -4.30. The molecule has 0 saturated carbocycles. The highest BCUT2D eigenvalue weighted by molar-refractivity contribution is 7.36. The van der Waals surface area contributed by atoms with Crippen LogP contribution in [-0.4, -0.2) is 17.3 Å². The Labute approximate surface area is 161 Å². The van der Waals surface area contributed by atoms with Gasteiger partial charge in [0.2, 0.25) is 0 Å². The van der Waals surface area contributed by atoms with Crippen molar-refractivity contribution in [1.29, 1.82) is 0 Å². The first-order valence-electron chi connectivity index (χ1n) is 8.86. The fourth-order valence-electron chi connectivity index (χ4n) is 2.58. The van der Waals surface area contributed by atoms with E-state index >= 15 is 0 Å². The highest BCUT2D eigenvalue weighted by Crippen LogP contribution is 2.30. The van der Waals surface area contributed by atoms with Gasteiger partial charge >= 0.3 is 6.18 Å². The first kappa shape index (κ1) is 21.5. The number of benzene rings is 1. The smallest absolute Gasteiger partial charge is 0.394 e. The van der Waals surface area contributed by atoms with Crippen LogP contribution in [0.4, 0.5) is 13.2 Å². The van der Waals surface area contributed by atoms with Crippen LogP contribution in [-0.2, 0) is 19.0 Å². The average molecular weight is 396 g/mol. The van der Waals surface area contributed by atoms with Crippen LogP contribution >= 0.6 is 10.5 Å². The summed E-state index contributed by atoms with van der Waals surface area (Å²) in [7, 11) is -0.232. The summed E-state index contributed by atoms with van der Waals surface area (Å²) in [4.78, 5) is 1.21. The third kappa shape index (κ3) is 7.02. The van der Waals surface area contributed by atoms with E-state index in [1.165, 1.54) is 17.0 Å². The van der Waals surface area contributed by atoms with E-state index in [0.29, 0.717) is 24.8 Å². The third-order valence-corrected chi connectivity index (χ3v) is 5.99. The van der Waals surface area contributed by atoms with Crippen molar-refractivity contribution >= 4 is 10.5 Å². The van der Waals surface area contributed by atoms with Gasteiger partial charge in [-0.2, -0.15) is 13.2 Å². The topological polar surface area (TPSA) is 46.2 Å². The number of alkyl halides is 3. The van der Waals surface area contributed by atoms with Gasteiger partial charge < -0.3 is 10.8 Å². The van der Waals surface area contributed by atoms with E-state index in [4.69, 9.17) is 5.73 Å². The monoisotopic (exact) mass is 396 g/mol. The van der Waals surface area contributed by atoms with Gasteiger partial charge in [0.25, 0.3) is 0 Å². The van der Waals surface area contributed by atoms with Crippen molar-refractivity contribution in [1.82, 2.24) is 0 Å². The molecule has 0 aliphatic rings. The standard InChI is InChI=1S/C21H25F3NOS/c1-20(25,16-26)12-11-19-10-6-14-27(19)13-4-2-3-7-17-8-5-9-18(15-17)21(22,23)24/h5-6,8-10,14-15,26H,2-3,7,11-12,16,25H2,1H3/q+1. The van der Waals surface area contributed by atoms with Crippen molar-refractivity contribution in [2.24, 2.45) is 5.73 Å². The Morgan fingerprint density at radius 2 is 1.93 bits per heavy atom. The molecule has 2 unspecified atom stereocenters. The maximum Gasteiger partial charge on any atom is 0.416 e. The van der Waals surface area contributed by atoms with Crippen molar-refractivity contribution in [3.8, 4) is 11.2 Å². The lowest BCUT2D eigenvalue weighted by Gasteiger charge is -2.20. The van der Waals surface area contributed by atoms with Crippen molar-refractivity contribution < 1.29 is 18.3 Å². The Balaban J connectivity index is 1.86. The van der Waals surface area contributed by atoms with Gasteiger partial charge in [0.05, 0.1) is 22.6 Å².